The number of benzene rings is 1. The Morgan fingerprint density at radius 1 is 1.29 bits per heavy atom. The predicted molar refractivity (Wildman–Crippen MR) is 111 cm³/mol. The fourth-order valence-corrected chi connectivity index (χ4v) is 3.37. The van der Waals surface area contributed by atoms with Crippen LogP contribution in [0.4, 0.5) is 23.2 Å². The number of hydrogen-bond donors (Lipinski definition) is 3. The van der Waals surface area contributed by atoms with Crippen molar-refractivity contribution in [3.05, 3.63) is 64.5 Å². The van der Waals surface area contributed by atoms with Gasteiger partial charge in [-0.3, -0.25) is 14.4 Å². The molecule has 182 valence electrons. The molecule has 0 aliphatic heterocycles. The molecule has 3 N–H and O–H groups in total. The van der Waals surface area contributed by atoms with Crippen molar-refractivity contribution in [1.82, 2.24) is 25.3 Å². The molecule has 3 rings (SSSR count). The third kappa shape index (κ3) is 5.69. The average Bonchev–Trinajstić information content (AvgIpc) is 3.41. The number of nitrogens with zero attached hydrogens (tertiary/aromatic N) is 4. The van der Waals surface area contributed by atoms with Gasteiger partial charge in [-0.05, 0) is 30.7 Å². The van der Waals surface area contributed by atoms with Gasteiger partial charge in [0.1, 0.15) is 23.3 Å². The summed E-state index contributed by atoms with van der Waals surface area (Å²) in [6.45, 7) is 1.38. The number of aryl methyl sites for hydroxylation is 1. The second kappa shape index (κ2) is 9.75. The Morgan fingerprint density at radius 2 is 2.00 bits per heavy atom. The fourth-order valence-electron chi connectivity index (χ4n) is 3.37. The van der Waals surface area contributed by atoms with Gasteiger partial charge in [0.2, 0.25) is 0 Å². The van der Waals surface area contributed by atoms with Crippen molar-refractivity contribution in [3.63, 3.8) is 0 Å². The Labute approximate surface area is 194 Å². The number of halogens is 4. The van der Waals surface area contributed by atoms with E-state index < -0.39 is 42.1 Å². The normalized spacial score (nSPS) is 12.0. The van der Waals surface area contributed by atoms with E-state index in [-0.39, 0.29) is 33.8 Å². The van der Waals surface area contributed by atoms with Crippen molar-refractivity contribution in [2.45, 2.75) is 25.6 Å². The van der Waals surface area contributed by atoms with Gasteiger partial charge >= 0.3 is 6.18 Å². The molecule has 0 unspecified atom stereocenters. The number of amides is 2. The predicted octanol–water partition coefficient (Wildman–Crippen LogP) is 2.71. The first-order valence-corrected chi connectivity index (χ1v) is 9.85. The van der Waals surface area contributed by atoms with Gasteiger partial charge in [0.05, 0.1) is 24.2 Å². The number of aromatic nitrogens is 4. The van der Waals surface area contributed by atoms with Crippen LogP contribution < -0.4 is 10.6 Å². The maximum Gasteiger partial charge on any atom is 0.391 e. The van der Waals surface area contributed by atoms with E-state index in [4.69, 9.17) is 5.26 Å². The van der Waals surface area contributed by atoms with E-state index in [0.717, 1.165) is 18.3 Å². The van der Waals surface area contributed by atoms with Crippen LogP contribution in [0.25, 0.3) is 0 Å². The molecular weight excluding hydrogens is 474 g/mol. The second-order valence-electron chi connectivity index (χ2n) is 7.46. The molecule has 0 radical (unpaired) electrons. The Hall–Kier alpha value is -4.54. The summed E-state index contributed by atoms with van der Waals surface area (Å²) in [5.41, 5.74) is -0.558. The minimum absolute atomic E-state index is 0.0349. The Balaban J connectivity index is 1.82. The van der Waals surface area contributed by atoms with E-state index in [1.54, 1.807) is 6.07 Å². The molecule has 3 aromatic rings. The third-order valence-corrected chi connectivity index (χ3v) is 4.98. The van der Waals surface area contributed by atoms with E-state index in [1.807, 2.05) is 5.32 Å². The number of carbonyl (C=O) groups is 3. The first kappa shape index (κ1) is 25.1. The number of rotatable bonds is 7. The van der Waals surface area contributed by atoms with Gasteiger partial charge in [0.25, 0.3) is 17.6 Å². The fraction of sp³-hybridized carbons (Fsp3) is 0.238. The van der Waals surface area contributed by atoms with Crippen molar-refractivity contribution in [1.29, 1.82) is 5.26 Å². The molecule has 1 atom stereocenters. The van der Waals surface area contributed by atoms with Gasteiger partial charge in [-0.2, -0.15) is 33.8 Å². The first-order chi connectivity index (χ1) is 16.4. The molecule has 0 spiro atoms. The summed E-state index contributed by atoms with van der Waals surface area (Å²) in [5.74, 6) is -3.99. The highest BCUT2D eigenvalue weighted by atomic mass is 19.4. The molecule has 0 saturated heterocycles. The summed E-state index contributed by atoms with van der Waals surface area (Å²) < 4.78 is 53.6. The molecule has 10 nitrogen and oxygen atoms in total. The van der Waals surface area contributed by atoms with E-state index in [1.165, 1.54) is 30.8 Å². The minimum atomic E-state index is -4.67. The van der Waals surface area contributed by atoms with Crippen molar-refractivity contribution in [2.24, 2.45) is 7.05 Å². The zero-order valence-electron chi connectivity index (χ0n) is 18.2. The summed E-state index contributed by atoms with van der Waals surface area (Å²) in [6.07, 6.45) is -3.97. The van der Waals surface area contributed by atoms with Gasteiger partial charge < -0.3 is 15.2 Å². The molecule has 0 aliphatic rings. The van der Waals surface area contributed by atoms with Gasteiger partial charge in [0, 0.05) is 24.5 Å². The quantitative estimate of drug-likeness (QED) is 0.263. The molecule has 1 aromatic carbocycles. The van der Waals surface area contributed by atoms with Gasteiger partial charge in [0.15, 0.2) is 0 Å². The number of hydrogen-bond acceptors (Lipinski definition) is 6. The maximum atomic E-state index is 13.5. The van der Waals surface area contributed by atoms with E-state index >= 15 is 0 Å². The lowest BCUT2D eigenvalue weighted by atomic mass is 10.1. The van der Waals surface area contributed by atoms with Crippen LogP contribution in [0.3, 0.4) is 0 Å². The van der Waals surface area contributed by atoms with Gasteiger partial charge in [-0.15, -0.1) is 0 Å². The van der Waals surface area contributed by atoms with Crippen LogP contribution in [0.1, 0.15) is 50.1 Å². The number of carbonyl (C=O) groups excluding carboxylic acids is 3. The molecule has 0 saturated carbocycles. The highest BCUT2D eigenvalue weighted by Crippen LogP contribution is 2.28. The van der Waals surface area contributed by atoms with Crippen LogP contribution >= 0.6 is 0 Å². The van der Waals surface area contributed by atoms with Crippen LogP contribution in [0.2, 0.25) is 0 Å². The third-order valence-electron chi connectivity index (χ3n) is 4.98. The van der Waals surface area contributed by atoms with E-state index in [9.17, 15) is 31.9 Å². The van der Waals surface area contributed by atoms with E-state index in [2.05, 4.69) is 20.7 Å². The summed E-state index contributed by atoms with van der Waals surface area (Å²) in [6, 6.07) is 3.33. The lowest BCUT2D eigenvalue weighted by Crippen LogP contribution is -2.37. The van der Waals surface area contributed by atoms with Crippen LogP contribution in [0.5, 0.6) is 0 Å². The summed E-state index contributed by atoms with van der Waals surface area (Å²) in [5, 5.41) is 22.5. The lowest BCUT2D eigenvalue weighted by molar-refractivity contribution is -0.142. The average molecular weight is 491 g/mol. The van der Waals surface area contributed by atoms with E-state index in [0.29, 0.717) is 0 Å². The molecule has 2 amide bonds. The van der Waals surface area contributed by atoms with Crippen molar-refractivity contribution < 1.29 is 31.9 Å². The molecule has 2 aromatic heterocycles. The van der Waals surface area contributed by atoms with Crippen LogP contribution in [-0.4, -0.2) is 43.8 Å². The molecule has 0 bridgehead atoms. The Bertz CT molecular complexity index is 1320. The topological polar surface area (TPSA) is 146 Å². The van der Waals surface area contributed by atoms with Crippen molar-refractivity contribution >= 4 is 23.3 Å². The molecule has 14 heteroatoms. The lowest BCUT2D eigenvalue weighted by Gasteiger charge is -2.17. The molecule has 35 heavy (non-hydrogen) atoms. The van der Waals surface area contributed by atoms with Gasteiger partial charge in [-0.1, -0.05) is 0 Å². The Kier molecular flexibility index (Phi) is 6.99. The number of ketones is 1. The standard InChI is InChI=1S/C21H17F4N7O3/c1-10-13(18(33)20(35)29-15(6-21(23,24)25)16-8-27-31-30-16)9-32(2)17(10)19(34)28-12-3-4-14(22)11(5-12)7-26/h3-5,8-9,15H,6H2,1-2H3,(H,28,34)(H,29,35)(H,27,30,31)/t15-/m0/s1. The first-order valence-electron chi connectivity index (χ1n) is 9.85. The number of aromatic amines is 1. The highest BCUT2D eigenvalue weighted by Gasteiger charge is 2.36. The highest BCUT2D eigenvalue weighted by molar-refractivity contribution is 6.43. The molecule has 0 aliphatic carbocycles. The second-order valence-corrected chi connectivity index (χ2v) is 7.46. The number of anilines is 1. The molecule has 0 fully saturated rings. The number of alkyl halides is 3. The van der Waals surface area contributed by atoms with Gasteiger partial charge in [-0.25, -0.2) is 4.39 Å². The number of H-pyrrole nitrogens is 1. The van der Waals surface area contributed by atoms with Crippen LogP contribution in [0, 0.1) is 24.1 Å². The van der Waals surface area contributed by atoms with Crippen molar-refractivity contribution in [3.8, 4) is 6.07 Å². The zero-order valence-corrected chi connectivity index (χ0v) is 18.2. The number of nitrogens with one attached hydrogen (secondary N) is 3. The largest absolute Gasteiger partial charge is 0.391 e. The minimum Gasteiger partial charge on any atom is -0.346 e. The maximum absolute atomic E-state index is 13.5. The Morgan fingerprint density at radius 3 is 2.60 bits per heavy atom. The van der Waals surface area contributed by atoms with Crippen molar-refractivity contribution in [2.75, 3.05) is 5.32 Å². The summed E-state index contributed by atoms with van der Waals surface area (Å²) >= 11 is 0. The molecule has 2 heterocycles. The van der Waals surface area contributed by atoms with Crippen LogP contribution in [0.15, 0.2) is 30.6 Å². The smallest absolute Gasteiger partial charge is 0.346 e. The summed E-state index contributed by atoms with van der Waals surface area (Å²) in [4.78, 5) is 38.0. The summed E-state index contributed by atoms with van der Waals surface area (Å²) in [7, 11) is 1.42. The zero-order chi connectivity index (χ0) is 25.9. The molecular formula is C21H17F4N7O3. The monoisotopic (exact) mass is 491 g/mol. The SMILES string of the molecule is Cc1c(C(=O)C(=O)N[C@@H](CC(F)(F)F)c2cn[nH]n2)cn(C)c1C(=O)Nc1ccc(F)c(C#N)c1. The number of Topliss-reactive ketones (excluding diaryl/α,β-unsaturated/α-hetero) is 1. The number of nitriles is 1. The van der Waals surface area contributed by atoms with Crippen LogP contribution in [-0.2, 0) is 11.8 Å².